The van der Waals surface area contributed by atoms with E-state index < -0.39 is 52.5 Å². The number of benzene rings is 2. The number of aromatic nitrogens is 3. The van der Waals surface area contributed by atoms with Gasteiger partial charge in [-0.3, -0.25) is 9.36 Å². The molecule has 3 aromatic rings. The van der Waals surface area contributed by atoms with Crippen LogP contribution >= 0.6 is 11.6 Å². The summed E-state index contributed by atoms with van der Waals surface area (Å²) >= 11 is 5.82. The van der Waals surface area contributed by atoms with Crippen LogP contribution in [0.1, 0.15) is 42.4 Å². The van der Waals surface area contributed by atoms with Crippen molar-refractivity contribution in [2.24, 2.45) is 5.41 Å². The monoisotopic (exact) mass is 542 g/mol. The Balaban J connectivity index is 1.56. The SMILES string of the molecule is C[C@H](Oc1cc(-n2nc3n(c2=O)CCC2(CC2)C3)c(F)cc1C(=O)Nc1cc(Cl)ccc1F)C(F)(F)F. The number of ether oxygens (including phenoxy) is 1. The fourth-order valence-corrected chi connectivity index (χ4v) is 4.52. The number of amides is 1. The summed E-state index contributed by atoms with van der Waals surface area (Å²) in [6, 6.07) is 4.73. The lowest BCUT2D eigenvalue weighted by atomic mass is 9.95. The molecule has 13 heteroatoms. The molecule has 1 aliphatic heterocycles. The fourth-order valence-electron chi connectivity index (χ4n) is 4.35. The van der Waals surface area contributed by atoms with Gasteiger partial charge in [-0.05, 0) is 55.9 Å². The van der Waals surface area contributed by atoms with Gasteiger partial charge in [0.2, 0.25) is 0 Å². The molecule has 0 radical (unpaired) electrons. The lowest BCUT2D eigenvalue weighted by Crippen LogP contribution is -2.32. The number of hydrogen-bond donors (Lipinski definition) is 1. The van der Waals surface area contributed by atoms with Crippen LogP contribution in [0.25, 0.3) is 5.69 Å². The van der Waals surface area contributed by atoms with Crippen molar-refractivity contribution < 1.29 is 31.5 Å². The highest BCUT2D eigenvalue weighted by molar-refractivity contribution is 6.31. The number of nitrogens with zero attached hydrogens (tertiary/aromatic N) is 3. The standard InChI is InChI=1S/C24H20ClF5N4O3/c1-12(24(28,29)30)37-19-10-18(34-22(36)33-7-6-23(4-5-23)11-20(33)32-34)16(27)9-14(19)21(35)31-17-8-13(25)2-3-15(17)26/h2-3,8-10,12H,4-7,11H2,1H3,(H,31,35)/t12-/m0/s1. The molecule has 2 heterocycles. The smallest absolute Gasteiger partial charge is 0.425 e. The summed E-state index contributed by atoms with van der Waals surface area (Å²) in [4.78, 5) is 25.9. The van der Waals surface area contributed by atoms with Gasteiger partial charge in [0, 0.05) is 24.1 Å². The summed E-state index contributed by atoms with van der Waals surface area (Å²) in [6.07, 6.45) is -3.87. The van der Waals surface area contributed by atoms with Crippen molar-refractivity contribution in [2.45, 2.75) is 51.4 Å². The predicted molar refractivity (Wildman–Crippen MR) is 123 cm³/mol. The number of carbonyl (C=O) groups is 1. The third kappa shape index (κ3) is 4.81. The highest BCUT2D eigenvalue weighted by Gasteiger charge is 2.46. The summed E-state index contributed by atoms with van der Waals surface area (Å²) in [5.74, 6) is -3.34. The van der Waals surface area contributed by atoms with Crippen molar-refractivity contribution >= 4 is 23.2 Å². The van der Waals surface area contributed by atoms with E-state index in [9.17, 15) is 27.2 Å². The third-order valence-electron chi connectivity index (χ3n) is 6.76. The average molecular weight is 543 g/mol. The number of halogens is 6. The maximum atomic E-state index is 15.3. The summed E-state index contributed by atoms with van der Waals surface area (Å²) in [6.45, 7) is 1.11. The number of nitrogens with one attached hydrogen (secondary N) is 1. The van der Waals surface area contributed by atoms with Crippen molar-refractivity contribution in [1.82, 2.24) is 14.3 Å². The zero-order chi connectivity index (χ0) is 26.7. The highest BCUT2D eigenvalue weighted by Crippen LogP contribution is 2.53. The van der Waals surface area contributed by atoms with Crippen LogP contribution in [0.15, 0.2) is 35.1 Å². The molecule has 1 N–H and O–H groups in total. The zero-order valence-electron chi connectivity index (χ0n) is 19.3. The van der Waals surface area contributed by atoms with Crippen molar-refractivity contribution in [3.63, 3.8) is 0 Å². The Morgan fingerprint density at radius 3 is 2.57 bits per heavy atom. The first kappa shape index (κ1) is 25.2. The number of hydrogen-bond acceptors (Lipinski definition) is 4. The average Bonchev–Trinajstić information content (AvgIpc) is 3.49. The normalized spacial score (nSPS) is 16.8. The fraction of sp³-hybridized carbons (Fsp3) is 0.375. The van der Waals surface area contributed by atoms with E-state index in [0.717, 1.165) is 42.1 Å². The van der Waals surface area contributed by atoms with Gasteiger partial charge in [0.05, 0.1) is 11.3 Å². The lowest BCUT2D eigenvalue weighted by Gasteiger charge is -2.20. The van der Waals surface area contributed by atoms with Crippen LogP contribution < -0.4 is 15.7 Å². The maximum absolute atomic E-state index is 15.3. The second-order valence-electron chi connectivity index (χ2n) is 9.37. The minimum atomic E-state index is -4.82. The van der Waals surface area contributed by atoms with Gasteiger partial charge < -0.3 is 10.1 Å². The second-order valence-corrected chi connectivity index (χ2v) is 9.81. The molecule has 2 aromatic carbocycles. The molecule has 1 aliphatic carbocycles. The summed E-state index contributed by atoms with van der Waals surface area (Å²) < 4.78 is 76.4. The Bertz CT molecular complexity index is 1460. The number of carbonyl (C=O) groups excluding carboxylic acids is 1. The molecule has 1 saturated carbocycles. The Morgan fingerprint density at radius 2 is 1.89 bits per heavy atom. The number of rotatable bonds is 5. The summed E-state index contributed by atoms with van der Waals surface area (Å²) in [7, 11) is 0. The summed E-state index contributed by atoms with van der Waals surface area (Å²) in [5.41, 5.74) is -2.06. The van der Waals surface area contributed by atoms with Gasteiger partial charge in [0.25, 0.3) is 5.91 Å². The highest BCUT2D eigenvalue weighted by atomic mass is 35.5. The van der Waals surface area contributed by atoms with Crippen molar-refractivity contribution in [1.29, 1.82) is 0 Å². The van der Waals surface area contributed by atoms with E-state index in [2.05, 4.69) is 10.4 Å². The Kier molecular flexibility index (Phi) is 6.05. The van der Waals surface area contributed by atoms with Crippen LogP contribution in [0.2, 0.25) is 5.02 Å². The van der Waals surface area contributed by atoms with Crippen molar-refractivity contribution in [3.05, 3.63) is 68.9 Å². The summed E-state index contributed by atoms with van der Waals surface area (Å²) in [5, 5.41) is 6.47. The molecule has 0 unspecified atom stereocenters. The first-order valence-corrected chi connectivity index (χ1v) is 11.8. The van der Waals surface area contributed by atoms with Gasteiger partial charge in [-0.25, -0.2) is 13.6 Å². The molecule has 0 saturated heterocycles. The molecular weight excluding hydrogens is 523 g/mol. The van der Waals surface area contributed by atoms with E-state index in [0.29, 0.717) is 31.8 Å². The third-order valence-corrected chi connectivity index (χ3v) is 6.99. The van der Waals surface area contributed by atoms with Crippen LogP contribution in [-0.2, 0) is 13.0 Å². The van der Waals surface area contributed by atoms with Gasteiger partial charge in [0.15, 0.2) is 6.10 Å². The molecule has 7 nitrogen and oxygen atoms in total. The van der Waals surface area contributed by atoms with Crippen LogP contribution in [0.4, 0.5) is 27.6 Å². The van der Waals surface area contributed by atoms with Gasteiger partial charge in [-0.2, -0.15) is 17.9 Å². The van der Waals surface area contributed by atoms with Crippen LogP contribution in [-0.4, -0.2) is 32.5 Å². The van der Waals surface area contributed by atoms with Gasteiger partial charge in [-0.1, -0.05) is 11.6 Å². The van der Waals surface area contributed by atoms with Crippen molar-refractivity contribution in [3.8, 4) is 11.4 Å². The van der Waals surface area contributed by atoms with E-state index in [1.807, 2.05) is 0 Å². The van der Waals surface area contributed by atoms with Gasteiger partial charge in [-0.15, -0.1) is 5.10 Å². The Labute approximate surface area is 211 Å². The van der Waals surface area contributed by atoms with Gasteiger partial charge in [0.1, 0.15) is 28.9 Å². The first-order valence-electron chi connectivity index (χ1n) is 11.4. The molecule has 1 fully saturated rings. The molecule has 1 atom stereocenters. The molecule has 1 spiro atoms. The van der Waals surface area contributed by atoms with E-state index in [-0.39, 0.29) is 16.1 Å². The number of alkyl halides is 3. The van der Waals surface area contributed by atoms with Gasteiger partial charge >= 0.3 is 11.9 Å². The second kappa shape index (κ2) is 8.86. The lowest BCUT2D eigenvalue weighted by molar-refractivity contribution is -0.189. The van der Waals surface area contributed by atoms with E-state index in [1.54, 1.807) is 0 Å². The van der Waals surface area contributed by atoms with Crippen LogP contribution in [0.5, 0.6) is 5.75 Å². The minimum Gasteiger partial charge on any atom is -0.480 e. The number of fused-ring (bicyclic) bond motifs is 1. The first-order chi connectivity index (χ1) is 17.4. The Hall–Kier alpha value is -3.41. The molecular formula is C24H20ClF5N4O3. The largest absolute Gasteiger partial charge is 0.480 e. The predicted octanol–water partition coefficient (Wildman–Crippen LogP) is 5.27. The molecule has 196 valence electrons. The molecule has 5 rings (SSSR count). The zero-order valence-corrected chi connectivity index (χ0v) is 20.1. The molecule has 2 aliphatic rings. The molecule has 1 aromatic heterocycles. The molecule has 37 heavy (non-hydrogen) atoms. The quantitative estimate of drug-likeness (QED) is 0.445. The van der Waals surface area contributed by atoms with Crippen LogP contribution in [0, 0.1) is 17.0 Å². The molecule has 0 bridgehead atoms. The Morgan fingerprint density at radius 1 is 1.16 bits per heavy atom. The minimum absolute atomic E-state index is 0.0801. The topological polar surface area (TPSA) is 78.2 Å². The van der Waals surface area contributed by atoms with E-state index in [1.165, 1.54) is 10.6 Å². The molecule has 1 amide bonds. The maximum Gasteiger partial charge on any atom is 0.425 e. The van der Waals surface area contributed by atoms with E-state index >= 15 is 4.39 Å². The number of anilines is 1. The van der Waals surface area contributed by atoms with Crippen LogP contribution in [0.3, 0.4) is 0 Å². The van der Waals surface area contributed by atoms with E-state index in [4.69, 9.17) is 16.3 Å². The van der Waals surface area contributed by atoms with Crippen molar-refractivity contribution in [2.75, 3.05) is 5.32 Å².